The Morgan fingerprint density at radius 2 is 0.577 bits per heavy atom. The van der Waals surface area contributed by atoms with Crippen LogP contribution >= 0.6 is 0 Å². The lowest BCUT2D eigenvalue weighted by Crippen LogP contribution is -2.44. The predicted octanol–water partition coefficient (Wildman–Crippen LogP) is 19.8. The van der Waals surface area contributed by atoms with Gasteiger partial charge >= 0.3 is 11.9 Å². The standard InChI is InChI=1S/C69H135NO8/c1-6-8-10-12-14-16-18-20-21-22-23-24-25-26-27-28-29-30-31-32-33-34-35-36-37-38-39-40-41-42-43-44-45-46-47-48-50-52-54-56-58-60-67(72)78-65(64-77-69(68(73)74)75-62-61-70(3,4)5)63-76-66(71)59-57-55-53-51-49-19-17-15-13-11-9-7-2/h65,69H,6-64H2,1-5H3. The minimum Gasteiger partial charge on any atom is -0.545 e. The van der Waals surface area contributed by atoms with E-state index >= 15 is 0 Å². The third kappa shape index (κ3) is 61.9. The van der Waals surface area contributed by atoms with Crippen LogP contribution in [-0.4, -0.2) is 82.3 Å². The number of unbranched alkanes of at least 4 members (excludes halogenated alkanes) is 51. The fraction of sp³-hybridized carbons (Fsp3) is 0.957. The van der Waals surface area contributed by atoms with Crippen molar-refractivity contribution in [3.05, 3.63) is 0 Å². The number of quaternary nitrogens is 1. The van der Waals surface area contributed by atoms with Crippen LogP contribution in [0.4, 0.5) is 0 Å². The second kappa shape index (κ2) is 61.4. The Kier molecular flexibility index (Phi) is 60.0. The van der Waals surface area contributed by atoms with Crippen molar-refractivity contribution in [2.75, 3.05) is 47.5 Å². The van der Waals surface area contributed by atoms with Crippen LogP contribution in [0.3, 0.4) is 0 Å². The smallest absolute Gasteiger partial charge is 0.306 e. The number of ether oxygens (including phenoxy) is 4. The molecule has 0 N–H and O–H groups in total. The van der Waals surface area contributed by atoms with Crippen molar-refractivity contribution in [1.82, 2.24) is 0 Å². The number of carbonyl (C=O) groups excluding carboxylic acids is 3. The van der Waals surface area contributed by atoms with Crippen LogP contribution in [0.2, 0.25) is 0 Å². The first kappa shape index (κ1) is 76.3. The van der Waals surface area contributed by atoms with Gasteiger partial charge in [0.1, 0.15) is 13.2 Å². The fourth-order valence-electron chi connectivity index (χ4n) is 10.8. The first-order valence-corrected chi connectivity index (χ1v) is 34.7. The van der Waals surface area contributed by atoms with E-state index in [1.807, 2.05) is 21.1 Å². The molecule has 0 rings (SSSR count). The number of hydrogen-bond acceptors (Lipinski definition) is 8. The van der Waals surface area contributed by atoms with Gasteiger partial charge in [-0.05, 0) is 12.8 Å². The van der Waals surface area contributed by atoms with Gasteiger partial charge in [0.2, 0.25) is 0 Å². The average molecular weight is 1110 g/mol. The normalized spacial score (nSPS) is 12.6. The Labute approximate surface area is 485 Å². The van der Waals surface area contributed by atoms with Crippen molar-refractivity contribution in [1.29, 1.82) is 0 Å². The number of carboxylic acid groups (broad SMARTS) is 1. The lowest BCUT2D eigenvalue weighted by Gasteiger charge is -2.26. The molecule has 0 aromatic carbocycles. The molecule has 0 fully saturated rings. The fourth-order valence-corrected chi connectivity index (χ4v) is 10.8. The molecule has 0 aliphatic carbocycles. The molecule has 78 heavy (non-hydrogen) atoms. The average Bonchev–Trinajstić information content (AvgIpc) is 3.41. The first-order chi connectivity index (χ1) is 38.1. The number of esters is 2. The summed E-state index contributed by atoms with van der Waals surface area (Å²) in [5.41, 5.74) is 0. The number of carboxylic acids is 1. The summed E-state index contributed by atoms with van der Waals surface area (Å²) in [4.78, 5) is 37.2. The lowest BCUT2D eigenvalue weighted by atomic mass is 10.0. The van der Waals surface area contributed by atoms with E-state index in [2.05, 4.69) is 13.8 Å². The van der Waals surface area contributed by atoms with E-state index in [1.165, 1.54) is 302 Å². The summed E-state index contributed by atoms with van der Waals surface area (Å²) < 4.78 is 22.7. The minimum absolute atomic E-state index is 0.153. The van der Waals surface area contributed by atoms with Crippen LogP contribution in [0.1, 0.15) is 367 Å². The number of nitrogens with zero attached hydrogens (tertiary/aromatic N) is 1. The Balaban J connectivity index is 3.82. The molecule has 2 unspecified atom stereocenters. The van der Waals surface area contributed by atoms with Gasteiger partial charge in [-0.3, -0.25) is 9.59 Å². The number of hydrogen-bond donors (Lipinski definition) is 0. The van der Waals surface area contributed by atoms with Gasteiger partial charge in [-0.2, -0.15) is 0 Å². The molecule has 0 saturated carbocycles. The number of carbonyl (C=O) groups is 3. The van der Waals surface area contributed by atoms with E-state index in [-0.39, 0.29) is 32.2 Å². The molecule has 0 spiro atoms. The second-order valence-corrected chi connectivity index (χ2v) is 25.2. The van der Waals surface area contributed by atoms with Gasteiger partial charge in [0.05, 0.1) is 40.3 Å². The van der Waals surface area contributed by atoms with Crippen LogP contribution < -0.4 is 5.11 Å². The van der Waals surface area contributed by atoms with Gasteiger partial charge in [-0.15, -0.1) is 0 Å². The summed E-state index contributed by atoms with van der Waals surface area (Å²) in [7, 11) is 5.94. The van der Waals surface area contributed by atoms with Crippen molar-refractivity contribution in [2.24, 2.45) is 0 Å². The highest BCUT2D eigenvalue weighted by Crippen LogP contribution is 2.19. The summed E-state index contributed by atoms with van der Waals surface area (Å²) in [6, 6.07) is 0. The van der Waals surface area contributed by atoms with Crippen LogP contribution in [0, 0.1) is 0 Å². The lowest BCUT2D eigenvalue weighted by molar-refractivity contribution is -0.870. The van der Waals surface area contributed by atoms with Crippen molar-refractivity contribution >= 4 is 17.9 Å². The van der Waals surface area contributed by atoms with Crippen LogP contribution in [-0.2, 0) is 33.3 Å². The largest absolute Gasteiger partial charge is 0.545 e. The highest BCUT2D eigenvalue weighted by molar-refractivity contribution is 5.70. The van der Waals surface area contributed by atoms with Gasteiger partial charge in [-0.1, -0.05) is 341 Å². The zero-order valence-electron chi connectivity index (χ0n) is 53.1. The minimum atomic E-state index is -1.61. The molecule has 0 aromatic rings. The van der Waals surface area contributed by atoms with E-state index in [9.17, 15) is 19.5 Å². The van der Waals surface area contributed by atoms with Gasteiger partial charge in [0, 0.05) is 12.8 Å². The highest BCUT2D eigenvalue weighted by Gasteiger charge is 2.22. The van der Waals surface area contributed by atoms with Crippen molar-refractivity contribution in [2.45, 2.75) is 379 Å². The number of likely N-dealkylation sites (N-methyl/N-ethyl adjacent to an activating group) is 1. The molecule has 0 bridgehead atoms. The molecule has 9 heteroatoms. The summed E-state index contributed by atoms with van der Waals surface area (Å²) in [5, 5.41) is 11.8. The van der Waals surface area contributed by atoms with Crippen LogP contribution in [0.5, 0.6) is 0 Å². The Bertz CT molecular complexity index is 1240. The SMILES string of the molecule is CCCCCCCCCCCCCCCCCCCCCCCCCCCCCCCCCCCCCCCCCCCC(=O)OC(COC(=O)CCCCCCCCCCCCCC)COC(OCC[N+](C)(C)C)C(=O)[O-]. The molecule has 0 saturated heterocycles. The van der Waals surface area contributed by atoms with E-state index in [0.717, 1.165) is 38.5 Å². The number of rotatable bonds is 66. The van der Waals surface area contributed by atoms with E-state index in [4.69, 9.17) is 18.9 Å². The van der Waals surface area contributed by atoms with Crippen LogP contribution in [0.15, 0.2) is 0 Å². The van der Waals surface area contributed by atoms with E-state index < -0.39 is 24.3 Å². The topological polar surface area (TPSA) is 111 Å². The molecule has 0 aliphatic heterocycles. The second-order valence-electron chi connectivity index (χ2n) is 25.2. The number of aliphatic carboxylic acids is 1. The predicted molar refractivity (Wildman–Crippen MR) is 330 cm³/mol. The summed E-state index contributed by atoms with van der Waals surface area (Å²) >= 11 is 0. The van der Waals surface area contributed by atoms with Crippen molar-refractivity contribution < 1.29 is 42.9 Å². The maximum atomic E-state index is 12.9. The maximum absolute atomic E-state index is 12.9. The van der Waals surface area contributed by atoms with Gasteiger partial charge < -0.3 is 33.3 Å². The molecular weight excluding hydrogens is 971 g/mol. The first-order valence-electron chi connectivity index (χ1n) is 34.7. The molecule has 0 heterocycles. The zero-order chi connectivity index (χ0) is 56.9. The molecule has 9 nitrogen and oxygen atoms in total. The molecule has 0 radical (unpaired) electrons. The van der Waals surface area contributed by atoms with E-state index in [0.29, 0.717) is 17.4 Å². The Morgan fingerprint density at radius 3 is 0.821 bits per heavy atom. The van der Waals surface area contributed by atoms with Crippen molar-refractivity contribution in [3.63, 3.8) is 0 Å². The highest BCUT2D eigenvalue weighted by atomic mass is 16.7. The van der Waals surface area contributed by atoms with Gasteiger partial charge in [-0.25, -0.2) is 0 Å². The summed E-state index contributed by atoms with van der Waals surface area (Å²) in [6.07, 6.45) is 69.4. The quantitative estimate of drug-likeness (QED) is 0.0256. The Hall–Kier alpha value is -1.71. The molecule has 0 amide bonds. The molecule has 2 atom stereocenters. The monoisotopic (exact) mass is 1110 g/mol. The summed E-state index contributed by atoms with van der Waals surface area (Å²) in [6.45, 7) is 4.81. The Morgan fingerprint density at radius 1 is 0.333 bits per heavy atom. The van der Waals surface area contributed by atoms with Gasteiger partial charge in [0.25, 0.3) is 0 Å². The molecule has 0 aromatic heterocycles. The van der Waals surface area contributed by atoms with Gasteiger partial charge in [0.15, 0.2) is 12.4 Å². The third-order valence-electron chi connectivity index (χ3n) is 16.1. The third-order valence-corrected chi connectivity index (χ3v) is 16.1. The van der Waals surface area contributed by atoms with Crippen molar-refractivity contribution in [3.8, 4) is 0 Å². The molecule has 0 aliphatic rings. The maximum Gasteiger partial charge on any atom is 0.306 e. The zero-order valence-corrected chi connectivity index (χ0v) is 53.1. The van der Waals surface area contributed by atoms with E-state index in [1.54, 1.807) is 0 Å². The molecule has 464 valence electrons. The summed E-state index contributed by atoms with van der Waals surface area (Å²) in [5.74, 6) is -2.25. The molecular formula is C69H135NO8. The van der Waals surface area contributed by atoms with Crippen LogP contribution in [0.25, 0.3) is 0 Å².